The summed E-state index contributed by atoms with van der Waals surface area (Å²) in [6, 6.07) is 2.74. The molecule has 6 rings (SSSR count). The molecule has 0 spiro atoms. The minimum Gasteiger partial charge on any atom is -0.295 e. The fraction of sp³-hybridized carbons (Fsp3) is 0.818. The molecule has 0 N–H and O–H groups in total. The Labute approximate surface area is 144 Å². The molecule has 2 heteroatoms. The number of rotatable bonds is 0. The topological polar surface area (TPSA) is 40.9 Å². The number of ketones is 1. The average Bonchev–Trinajstić information content (AvgIpc) is 3.43. The van der Waals surface area contributed by atoms with Crippen molar-refractivity contribution in [3.8, 4) is 6.07 Å². The van der Waals surface area contributed by atoms with Crippen molar-refractivity contribution in [1.82, 2.24) is 0 Å². The van der Waals surface area contributed by atoms with Crippen LogP contribution in [0.2, 0.25) is 0 Å². The summed E-state index contributed by atoms with van der Waals surface area (Å²) < 4.78 is 0. The van der Waals surface area contributed by atoms with Gasteiger partial charge in [-0.2, -0.15) is 5.26 Å². The number of allylic oxidation sites excluding steroid dienone is 1. The van der Waals surface area contributed by atoms with E-state index in [-0.39, 0.29) is 5.41 Å². The molecule has 0 heterocycles. The highest BCUT2D eigenvalue weighted by Crippen LogP contribution is 2.82. The third-order valence-corrected chi connectivity index (χ3v) is 9.73. The SMILES string of the molecule is CC12C3CC3C3=CC(=O)CCC3[C@H]1CC[C@@]1(C)C2C2CC2[C@@H]1C#N. The van der Waals surface area contributed by atoms with Crippen LogP contribution < -0.4 is 0 Å². The van der Waals surface area contributed by atoms with Gasteiger partial charge in [0.15, 0.2) is 5.78 Å². The molecule has 0 aromatic rings. The normalized spacial score (nSPS) is 62.2. The van der Waals surface area contributed by atoms with Crippen molar-refractivity contribution in [3.05, 3.63) is 11.6 Å². The lowest BCUT2D eigenvalue weighted by atomic mass is 9.43. The van der Waals surface area contributed by atoms with Gasteiger partial charge in [-0.3, -0.25) is 4.79 Å². The van der Waals surface area contributed by atoms with Gasteiger partial charge in [0.05, 0.1) is 12.0 Å². The molecule has 0 aliphatic heterocycles. The van der Waals surface area contributed by atoms with Crippen molar-refractivity contribution < 1.29 is 4.79 Å². The maximum absolute atomic E-state index is 12.0. The van der Waals surface area contributed by atoms with Crippen LogP contribution in [0.5, 0.6) is 0 Å². The summed E-state index contributed by atoms with van der Waals surface area (Å²) in [6.45, 7) is 5.08. The van der Waals surface area contributed by atoms with Gasteiger partial charge in [0.2, 0.25) is 0 Å². The Kier molecular flexibility index (Phi) is 2.35. The summed E-state index contributed by atoms with van der Waals surface area (Å²) in [5.74, 6) is 5.98. The Balaban J connectivity index is 1.47. The number of carbonyl (C=O) groups excluding carboxylic acids is 1. The van der Waals surface area contributed by atoms with Gasteiger partial charge >= 0.3 is 0 Å². The zero-order valence-corrected chi connectivity index (χ0v) is 14.8. The first-order valence-electron chi connectivity index (χ1n) is 10.1. The van der Waals surface area contributed by atoms with Gasteiger partial charge in [-0.1, -0.05) is 19.4 Å². The van der Waals surface area contributed by atoms with Crippen molar-refractivity contribution >= 4 is 5.78 Å². The molecule has 24 heavy (non-hydrogen) atoms. The third-order valence-electron chi connectivity index (χ3n) is 9.73. The minimum atomic E-state index is 0.270. The predicted octanol–water partition coefficient (Wildman–Crippen LogP) is 4.37. The second kappa shape index (κ2) is 4.00. The van der Waals surface area contributed by atoms with Gasteiger partial charge in [0.1, 0.15) is 0 Å². The zero-order valence-electron chi connectivity index (χ0n) is 14.8. The fourth-order valence-corrected chi connectivity index (χ4v) is 8.94. The second-order valence-corrected chi connectivity index (χ2v) is 10.4. The van der Waals surface area contributed by atoms with Crippen molar-refractivity contribution in [2.24, 2.45) is 58.2 Å². The molecule has 0 saturated heterocycles. The van der Waals surface area contributed by atoms with E-state index in [0.717, 1.165) is 36.5 Å². The Bertz CT molecular complexity index is 731. The number of carbonyl (C=O) groups is 1. The van der Waals surface area contributed by atoms with Crippen molar-refractivity contribution in [1.29, 1.82) is 5.26 Å². The van der Waals surface area contributed by atoms with Crippen LogP contribution in [0.4, 0.5) is 0 Å². The van der Waals surface area contributed by atoms with Gasteiger partial charge in [-0.05, 0) is 90.4 Å². The molecular weight excluding hydrogens is 294 g/mol. The molecule has 5 saturated carbocycles. The fourth-order valence-electron chi connectivity index (χ4n) is 8.94. The summed E-state index contributed by atoms with van der Waals surface area (Å²) in [7, 11) is 0. The lowest BCUT2D eigenvalue weighted by Crippen LogP contribution is -2.55. The average molecular weight is 321 g/mol. The molecule has 0 radical (unpaired) electrons. The molecule has 6 aliphatic carbocycles. The first kappa shape index (κ1) is 14.1. The molecule has 0 aromatic heterocycles. The molecule has 6 aliphatic rings. The van der Waals surface area contributed by atoms with Crippen LogP contribution in [0.15, 0.2) is 11.6 Å². The van der Waals surface area contributed by atoms with E-state index in [1.165, 1.54) is 25.7 Å². The Morgan fingerprint density at radius 3 is 2.75 bits per heavy atom. The van der Waals surface area contributed by atoms with E-state index < -0.39 is 0 Å². The molecular formula is C22H27NO. The van der Waals surface area contributed by atoms with Gasteiger partial charge in [-0.25, -0.2) is 0 Å². The molecule has 7 unspecified atom stereocenters. The Morgan fingerprint density at radius 1 is 1.12 bits per heavy atom. The lowest BCUT2D eigenvalue weighted by Gasteiger charge is -2.60. The van der Waals surface area contributed by atoms with Gasteiger partial charge in [-0.15, -0.1) is 0 Å². The number of hydrogen-bond acceptors (Lipinski definition) is 2. The number of fused-ring (bicyclic) bond motifs is 10. The number of hydrogen-bond donors (Lipinski definition) is 0. The smallest absolute Gasteiger partial charge is 0.155 e. The highest BCUT2D eigenvalue weighted by molar-refractivity contribution is 5.91. The molecule has 0 aromatic carbocycles. The summed E-state index contributed by atoms with van der Waals surface area (Å²) in [4.78, 5) is 12.0. The second-order valence-electron chi connectivity index (χ2n) is 10.4. The highest BCUT2D eigenvalue weighted by atomic mass is 16.1. The first-order valence-corrected chi connectivity index (χ1v) is 10.1. The minimum absolute atomic E-state index is 0.270. The zero-order chi connectivity index (χ0) is 16.4. The molecule has 0 amide bonds. The van der Waals surface area contributed by atoms with Gasteiger partial charge < -0.3 is 0 Å². The van der Waals surface area contributed by atoms with E-state index in [1.54, 1.807) is 5.57 Å². The molecule has 0 bridgehead atoms. The summed E-state index contributed by atoms with van der Waals surface area (Å²) >= 11 is 0. The monoisotopic (exact) mass is 321 g/mol. The van der Waals surface area contributed by atoms with Crippen LogP contribution in [0, 0.1) is 69.5 Å². The third kappa shape index (κ3) is 1.36. The van der Waals surface area contributed by atoms with E-state index in [2.05, 4.69) is 26.0 Å². The van der Waals surface area contributed by atoms with Crippen molar-refractivity contribution in [3.63, 3.8) is 0 Å². The largest absolute Gasteiger partial charge is 0.295 e. The first-order chi connectivity index (χ1) is 11.5. The van der Waals surface area contributed by atoms with Crippen LogP contribution in [0.3, 0.4) is 0 Å². The van der Waals surface area contributed by atoms with E-state index in [9.17, 15) is 10.1 Å². The highest BCUT2D eigenvalue weighted by Gasteiger charge is 2.76. The van der Waals surface area contributed by atoms with Crippen LogP contribution in [-0.4, -0.2) is 5.78 Å². The van der Waals surface area contributed by atoms with Crippen molar-refractivity contribution in [2.45, 2.75) is 52.4 Å². The van der Waals surface area contributed by atoms with Crippen LogP contribution in [0.25, 0.3) is 0 Å². The molecule has 126 valence electrons. The van der Waals surface area contributed by atoms with E-state index in [0.29, 0.717) is 34.9 Å². The molecule has 2 nitrogen and oxygen atoms in total. The molecule has 5 fully saturated rings. The van der Waals surface area contributed by atoms with Crippen molar-refractivity contribution in [2.75, 3.05) is 0 Å². The molecule has 10 atom stereocenters. The summed E-state index contributed by atoms with van der Waals surface area (Å²) in [5.41, 5.74) is 2.25. The summed E-state index contributed by atoms with van der Waals surface area (Å²) in [6.07, 6.45) is 9.12. The van der Waals surface area contributed by atoms with E-state index >= 15 is 0 Å². The van der Waals surface area contributed by atoms with Crippen LogP contribution >= 0.6 is 0 Å². The quantitative estimate of drug-likeness (QED) is 0.665. The summed E-state index contributed by atoms with van der Waals surface area (Å²) in [5, 5.41) is 9.84. The standard InChI is InChI=1S/C22H27NO/c1-21-6-5-17-12-4-3-11(24)7-13(12)15-9-18(15)22(17,2)20(21)16-8-14(16)19(21)10-23/h7,12,14-20H,3-6,8-9H2,1-2H3/t12?,14?,15?,16?,17-,18?,19+,20?,21-,22?/m1/s1. The van der Waals surface area contributed by atoms with Crippen LogP contribution in [0.1, 0.15) is 52.4 Å². The maximum atomic E-state index is 12.0. The van der Waals surface area contributed by atoms with Gasteiger partial charge in [0, 0.05) is 6.42 Å². The Morgan fingerprint density at radius 2 is 1.96 bits per heavy atom. The predicted molar refractivity (Wildman–Crippen MR) is 90.5 cm³/mol. The number of nitrogens with zero attached hydrogens (tertiary/aromatic N) is 1. The van der Waals surface area contributed by atoms with E-state index in [1.807, 2.05) is 0 Å². The van der Waals surface area contributed by atoms with Crippen LogP contribution in [-0.2, 0) is 4.79 Å². The Hall–Kier alpha value is -1.10. The number of nitriles is 1. The lowest BCUT2D eigenvalue weighted by molar-refractivity contribution is -0.121. The van der Waals surface area contributed by atoms with Gasteiger partial charge in [0.25, 0.3) is 0 Å². The van der Waals surface area contributed by atoms with E-state index in [4.69, 9.17) is 0 Å². The maximum Gasteiger partial charge on any atom is 0.155 e.